The molecular formula is C49H76O6. The third-order valence-corrected chi connectivity index (χ3v) is 8.26. The highest BCUT2D eigenvalue weighted by molar-refractivity contribution is 5.71. The molecule has 0 aromatic rings. The predicted octanol–water partition coefficient (Wildman–Crippen LogP) is 13.6. The van der Waals surface area contributed by atoms with Crippen LogP contribution in [0, 0.1) is 0 Å². The minimum absolute atomic E-state index is 0.130. The van der Waals surface area contributed by atoms with Gasteiger partial charge >= 0.3 is 17.9 Å². The molecule has 0 rings (SSSR count). The molecule has 0 heterocycles. The SMILES string of the molecule is CC/C=C\C/C=C\C/C=C\C/C=C\C/C=C\CCC(=O)OCC(COC(=O)CCCCCC/C=C\CCCC)OC(=O)CCC/C=C\C/C=C\C/C=C\CC. The van der Waals surface area contributed by atoms with Gasteiger partial charge in [0.25, 0.3) is 0 Å². The van der Waals surface area contributed by atoms with Crippen LogP contribution in [0.1, 0.15) is 162 Å². The molecule has 1 atom stereocenters. The summed E-state index contributed by atoms with van der Waals surface area (Å²) in [4.78, 5) is 37.6. The van der Waals surface area contributed by atoms with Crippen LogP contribution in [0.15, 0.2) is 109 Å². The van der Waals surface area contributed by atoms with Crippen LogP contribution in [-0.2, 0) is 28.6 Å². The second-order valence-electron chi connectivity index (χ2n) is 13.5. The predicted molar refractivity (Wildman–Crippen MR) is 233 cm³/mol. The first kappa shape index (κ1) is 51.1. The smallest absolute Gasteiger partial charge is 0.306 e. The van der Waals surface area contributed by atoms with Crippen LogP contribution >= 0.6 is 0 Å². The highest BCUT2D eigenvalue weighted by atomic mass is 16.6. The van der Waals surface area contributed by atoms with E-state index in [4.69, 9.17) is 14.2 Å². The summed E-state index contributed by atoms with van der Waals surface area (Å²) in [6, 6.07) is 0. The van der Waals surface area contributed by atoms with E-state index >= 15 is 0 Å². The minimum Gasteiger partial charge on any atom is -0.462 e. The molecule has 0 fully saturated rings. The summed E-state index contributed by atoms with van der Waals surface area (Å²) in [6.07, 6.45) is 56.7. The first-order valence-electron chi connectivity index (χ1n) is 21.4. The van der Waals surface area contributed by atoms with Crippen molar-refractivity contribution in [2.45, 2.75) is 168 Å². The van der Waals surface area contributed by atoms with E-state index in [9.17, 15) is 14.4 Å². The summed E-state index contributed by atoms with van der Waals surface area (Å²) in [7, 11) is 0. The normalized spacial score (nSPS) is 13.1. The lowest BCUT2D eigenvalue weighted by atomic mass is 10.1. The van der Waals surface area contributed by atoms with Gasteiger partial charge in [0.1, 0.15) is 13.2 Å². The molecule has 0 amide bonds. The molecule has 1 unspecified atom stereocenters. The van der Waals surface area contributed by atoms with E-state index in [0.29, 0.717) is 19.3 Å². The quantitative estimate of drug-likeness (QED) is 0.0274. The Kier molecular flexibility index (Phi) is 39.7. The second kappa shape index (κ2) is 42.8. The molecule has 0 bridgehead atoms. The van der Waals surface area contributed by atoms with E-state index in [0.717, 1.165) is 96.3 Å². The molecule has 0 aliphatic heterocycles. The van der Waals surface area contributed by atoms with Gasteiger partial charge in [-0.25, -0.2) is 0 Å². The van der Waals surface area contributed by atoms with Crippen molar-refractivity contribution in [3.63, 3.8) is 0 Å². The molecule has 0 saturated heterocycles. The molecule has 0 aliphatic carbocycles. The Bertz CT molecular complexity index is 1200. The van der Waals surface area contributed by atoms with Crippen LogP contribution in [0.2, 0.25) is 0 Å². The van der Waals surface area contributed by atoms with Crippen molar-refractivity contribution < 1.29 is 28.6 Å². The Balaban J connectivity index is 4.59. The van der Waals surface area contributed by atoms with Gasteiger partial charge in [-0.3, -0.25) is 14.4 Å². The summed E-state index contributed by atoms with van der Waals surface area (Å²) < 4.78 is 16.5. The Morgan fingerprint density at radius 1 is 0.382 bits per heavy atom. The van der Waals surface area contributed by atoms with Gasteiger partial charge < -0.3 is 14.2 Å². The van der Waals surface area contributed by atoms with Gasteiger partial charge in [0.2, 0.25) is 0 Å². The number of unbranched alkanes of at least 4 members (excludes halogenated alkanes) is 7. The van der Waals surface area contributed by atoms with E-state index in [1.54, 1.807) is 0 Å². The van der Waals surface area contributed by atoms with Gasteiger partial charge in [0.05, 0.1) is 0 Å². The van der Waals surface area contributed by atoms with Crippen LogP contribution in [0.4, 0.5) is 0 Å². The number of hydrogen-bond acceptors (Lipinski definition) is 6. The molecular weight excluding hydrogens is 685 g/mol. The lowest BCUT2D eigenvalue weighted by molar-refractivity contribution is -0.166. The topological polar surface area (TPSA) is 78.9 Å². The van der Waals surface area contributed by atoms with Crippen molar-refractivity contribution in [2.24, 2.45) is 0 Å². The maximum atomic E-state index is 12.6. The average Bonchev–Trinajstić information content (AvgIpc) is 3.18. The first-order chi connectivity index (χ1) is 27.0. The molecule has 55 heavy (non-hydrogen) atoms. The van der Waals surface area contributed by atoms with Crippen molar-refractivity contribution in [1.29, 1.82) is 0 Å². The van der Waals surface area contributed by atoms with Gasteiger partial charge in [-0.15, -0.1) is 0 Å². The number of rotatable bonds is 36. The molecule has 0 aromatic carbocycles. The lowest BCUT2D eigenvalue weighted by Crippen LogP contribution is -2.30. The highest BCUT2D eigenvalue weighted by Gasteiger charge is 2.19. The number of carbonyl (C=O) groups is 3. The maximum Gasteiger partial charge on any atom is 0.306 e. The van der Waals surface area contributed by atoms with Crippen molar-refractivity contribution in [1.82, 2.24) is 0 Å². The molecule has 0 spiro atoms. The largest absolute Gasteiger partial charge is 0.462 e. The number of carbonyl (C=O) groups excluding carboxylic acids is 3. The summed E-state index contributed by atoms with van der Waals surface area (Å²) in [5.41, 5.74) is 0. The summed E-state index contributed by atoms with van der Waals surface area (Å²) in [6.45, 7) is 6.19. The molecule has 6 nitrogen and oxygen atoms in total. The Morgan fingerprint density at radius 3 is 1.27 bits per heavy atom. The average molecular weight is 761 g/mol. The summed E-state index contributed by atoms with van der Waals surface area (Å²) in [5, 5.41) is 0. The van der Waals surface area contributed by atoms with Crippen molar-refractivity contribution in [2.75, 3.05) is 13.2 Å². The van der Waals surface area contributed by atoms with Crippen LogP contribution in [0.3, 0.4) is 0 Å². The molecule has 6 heteroatoms. The van der Waals surface area contributed by atoms with Crippen molar-refractivity contribution in [3.8, 4) is 0 Å². The Morgan fingerprint density at radius 2 is 0.764 bits per heavy atom. The van der Waals surface area contributed by atoms with Gasteiger partial charge in [-0.05, 0) is 96.3 Å². The van der Waals surface area contributed by atoms with E-state index < -0.39 is 12.1 Å². The monoisotopic (exact) mass is 761 g/mol. The molecule has 0 N–H and O–H groups in total. The number of esters is 3. The molecule has 0 aromatic heterocycles. The van der Waals surface area contributed by atoms with Crippen LogP contribution < -0.4 is 0 Å². The summed E-state index contributed by atoms with van der Waals surface area (Å²) in [5.74, 6) is -1.10. The minimum atomic E-state index is -0.837. The Hall–Kier alpha value is -3.93. The van der Waals surface area contributed by atoms with E-state index in [1.165, 1.54) is 12.8 Å². The van der Waals surface area contributed by atoms with Crippen LogP contribution in [0.25, 0.3) is 0 Å². The highest BCUT2D eigenvalue weighted by Crippen LogP contribution is 2.10. The third-order valence-electron chi connectivity index (χ3n) is 8.26. The number of allylic oxidation sites excluding steroid dienone is 18. The fraction of sp³-hybridized carbons (Fsp3) is 0.571. The van der Waals surface area contributed by atoms with Crippen molar-refractivity contribution >= 4 is 17.9 Å². The fourth-order valence-electron chi connectivity index (χ4n) is 5.08. The molecule has 308 valence electrons. The number of ether oxygens (including phenoxy) is 3. The zero-order valence-corrected chi connectivity index (χ0v) is 34.9. The molecule has 0 radical (unpaired) electrons. The van der Waals surface area contributed by atoms with Gasteiger partial charge in [-0.2, -0.15) is 0 Å². The standard InChI is InChI=1S/C49H76O6/c1-4-7-10-13-16-19-22-23-24-25-26-28-30-33-36-39-42-48(51)54-45-46(44-53-47(50)41-38-35-32-29-21-18-15-12-9-6-3)55-49(52)43-40-37-34-31-27-20-17-14-11-8-5-2/h7-8,10-11,15-20,23-24,26,28,31,33-34,36,46H,4-6,9,12-14,21-22,25,27,29-30,32,35,37-45H2,1-3H3/b10-7-,11-8-,18-15-,19-16-,20-17-,24-23-,28-26-,34-31-,36-33-. The fourth-order valence-corrected chi connectivity index (χ4v) is 5.08. The first-order valence-corrected chi connectivity index (χ1v) is 21.4. The third kappa shape index (κ3) is 41.1. The number of hydrogen-bond donors (Lipinski definition) is 0. The van der Waals surface area contributed by atoms with E-state index in [1.807, 2.05) is 12.2 Å². The zero-order valence-electron chi connectivity index (χ0n) is 34.9. The zero-order chi connectivity index (χ0) is 40.1. The summed E-state index contributed by atoms with van der Waals surface area (Å²) >= 11 is 0. The van der Waals surface area contributed by atoms with E-state index in [2.05, 4.69) is 118 Å². The second-order valence-corrected chi connectivity index (χ2v) is 13.5. The van der Waals surface area contributed by atoms with Crippen molar-refractivity contribution in [3.05, 3.63) is 109 Å². The molecule has 0 aliphatic rings. The Labute approximate surface area is 336 Å². The molecule has 0 saturated carbocycles. The van der Waals surface area contributed by atoms with Crippen LogP contribution in [0.5, 0.6) is 0 Å². The van der Waals surface area contributed by atoms with Crippen LogP contribution in [-0.4, -0.2) is 37.2 Å². The van der Waals surface area contributed by atoms with E-state index in [-0.39, 0.29) is 38.0 Å². The van der Waals surface area contributed by atoms with Gasteiger partial charge in [0, 0.05) is 19.3 Å². The maximum absolute atomic E-state index is 12.6. The van der Waals surface area contributed by atoms with Gasteiger partial charge in [0.15, 0.2) is 6.10 Å². The lowest BCUT2D eigenvalue weighted by Gasteiger charge is -2.18. The van der Waals surface area contributed by atoms with Gasteiger partial charge in [-0.1, -0.05) is 156 Å².